The SMILES string of the molecule is COC(=O)C(O)CNS(=O)(=O)c1ccc([N+](=O)[O-])cc1F. The highest BCUT2D eigenvalue weighted by molar-refractivity contribution is 7.89. The smallest absolute Gasteiger partial charge is 0.336 e. The lowest BCUT2D eigenvalue weighted by Crippen LogP contribution is -2.37. The van der Waals surface area contributed by atoms with Crippen LogP contribution in [0.25, 0.3) is 0 Å². The predicted octanol–water partition coefficient (Wildman–Crippen LogP) is -0.454. The van der Waals surface area contributed by atoms with Crippen molar-refractivity contribution in [2.45, 2.75) is 11.0 Å². The predicted molar refractivity (Wildman–Crippen MR) is 66.3 cm³/mol. The minimum absolute atomic E-state index is 0.450. The maximum absolute atomic E-state index is 13.6. The number of aliphatic hydroxyl groups excluding tert-OH is 1. The van der Waals surface area contributed by atoms with Crippen molar-refractivity contribution in [3.8, 4) is 0 Å². The maximum atomic E-state index is 13.6. The van der Waals surface area contributed by atoms with Gasteiger partial charge in [0.05, 0.1) is 18.1 Å². The summed E-state index contributed by atoms with van der Waals surface area (Å²) in [5.74, 6) is -2.40. The first-order chi connectivity index (χ1) is 9.69. The monoisotopic (exact) mass is 322 g/mol. The zero-order valence-electron chi connectivity index (χ0n) is 10.6. The topological polar surface area (TPSA) is 136 Å². The molecule has 1 aromatic carbocycles. The van der Waals surface area contributed by atoms with Crippen molar-refractivity contribution in [3.63, 3.8) is 0 Å². The molecule has 0 saturated carbocycles. The highest BCUT2D eigenvalue weighted by Gasteiger charge is 2.24. The summed E-state index contributed by atoms with van der Waals surface area (Å²) in [5, 5.41) is 19.7. The van der Waals surface area contributed by atoms with E-state index in [1.165, 1.54) is 0 Å². The summed E-state index contributed by atoms with van der Waals surface area (Å²) in [5.41, 5.74) is -0.610. The third kappa shape index (κ3) is 4.18. The summed E-state index contributed by atoms with van der Waals surface area (Å²) in [6.45, 7) is -0.731. The van der Waals surface area contributed by atoms with Crippen LogP contribution in [0.4, 0.5) is 10.1 Å². The van der Waals surface area contributed by atoms with Gasteiger partial charge in [-0.25, -0.2) is 22.3 Å². The van der Waals surface area contributed by atoms with E-state index >= 15 is 0 Å². The third-order valence-electron chi connectivity index (χ3n) is 2.36. The zero-order chi connectivity index (χ0) is 16.2. The number of benzene rings is 1. The van der Waals surface area contributed by atoms with Crippen molar-refractivity contribution in [1.82, 2.24) is 4.72 Å². The first-order valence-corrected chi connectivity index (χ1v) is 6.87. The quantitative estimate of drug-likeness (QED) is 0.411. The number of nitro groups is 1. The second kappa shape index (κ2) is 6.56. The Morgan fingerprint density at radius 2 is 2.19 bits per heavy atom. The van der Waals surface area contributed by atoms with E-state index in [1.54, 1.807) is 4.72 Å². The van der Waals surface area contributed by atoms with Gasteiger partial charge in [-0.3, -0.25) is 10.1 Å². The summed E-state index contributed by atoms with van der Waals surface area (Å²) >= 11 is 0. The second-order valence-corrected chi connectivity index (χ2v) is 5.50. The molecule has 0 heterocycles. The van der Waals surface area contributed by atoms with E-state index in [-0.39, 0.29) is 0 Å². The van der Waals surface area contributed by atoms with Gasteiger partial charge in [0, 0.05) is 12.6 Å². The normalized spacial score (nSPS) is 12.7. The first-order valence-electron chi connectivity index (χ1n) is 5.38. The number of nitrogens with one attached hydrogen (secondary N) is 1. The van der Waals surface area contributed by atoms with E-state index in [2.05, 4.69) is 4.74 Å². The van der Waals surface area contributed by atoms with Crippen LogP contribution in [0.15, 0.2) is 23.1 Å². The molecule has 0 amide bonds. The van der Waals surface area contributed by atoms with Gasteiger partial charge < -0.3 is 9.84 Å². The number of nitrogens with zero attached hydrogens (tertiary/aromatic N) is 1. The minimum Gasteiger partial charge on any atom is -0.467 e. The molecule has 0 fully saturated rings. The Labute approximate surface area is 118 Å². The highest BCUT2D eigenvalue weighted by atomic mass is 32.2. The summed E-state index contributed by atoms with van der Waals surface area (Å²) in [7, 11) is -3.39. The van der Waals surface area contributed by atoms with Crippen molar-refractivity contribution in [3.05, 3.63) is 34.1 Å². The number of aliphatic hydroxyl groups is 1. The van der Waals surface area contributed by atoms with E-state index in [1.807, 2.05) is 0 Å². The van der Waals surface area contributed by atoms with Crippen molar-refractivity contribution >= 4 is 21.7 Å². The summed E-state index contributed by atoms with van der Waals surface area (Å²) in [6.07, 6.45) is -1.76. The number of sulfonamides is 1. The lowest BCUT2D eigenvalue weighted by molar-refractivity contribution is -0.385. The van der Waals surface area contributed by atoms with Crippen molar-refractivity contribution in [1.29, 1.82) is 0 Å². The Morgan fingerprint density at radius 3 is 2.67 bits per heavy atom. The fraction of sp³-hybridized carbons (Fsp3) is 0.300. The van der Waals surface area contributed by atoms with Crippen LogP contribution in [0.5, 0.6) is 0 Å². The third-order valence-corrected chi connectivity index (χ3v) is 3.81. The van der Waals surface area contributed by atoms with Crippen LogP contribution in [-0.2, 0) is 19.6 Å². The number of ether oxygens (including phenoxy) is 1. The number of rotatable bonds is 6. The molecule has 0 aromatic heterocycles. The van der Waals surface area contributed by atoms with Gasteiger partial charge in [-0.05, 0) is 6.07 Å². The van der Waals surface area contributed by atoms with Gasteiger partial charge in [0.25, 0.3) is 5.69 Å². The molecule has 1 rings (SSSR count). The molecule has 0 radical (unpaired) electrons. The summed E-state index contributed by atoms with van der Waals surface area (Å²) in [6, 6.07) is 1.97. The van der Waals surface area contributed by atoms with Crippen LogP contribution in [0.2, 0.25) is 0 Å². The largest absolute Gasteiger partial charge is 0.467 e. The second-order valence-electron chi connectivity index (χ2n) is 3.76. The lowest BCUT2D eigenvalue weighted by atomic mass is 10.3. The molecule has 21 heavy (non-hydrogen) atoms. The van der Waals surface area contributed by atoms with E-state index < -0.39 is 50.0 Å². The Morgan fingerprint density at radius 1 is 1.57 bits per heavy atom. The van der Waals surface area contributed by atoms with Crippen LogP contribution in [0, 0.1) is 15.9 Å². The Bertz CT molecular complexity index is 661. The average Bonchev–Trinajstić information content (AvgIpc) is 2.43. The van der Waals surface area contributed by atoms with E-state index in [0.29, 0.717) is 12.1 Å². The molecule has 0 aliphatic rings. The Kier molecular flexibility index (Phi) is 5.29. The first kappa shape index (κ1) is 16.9. The molecule has 0 bridgehead atoms. The van der Waals surface area contributed by atoms with Crippen LogP contribution < -0.4 is 4.72 Å². The minimum atomic E-state index is -4.39. The van der Waals surface area contributed by atoms with Crippen molar-refractivity contribution in [2.75, 3.05) is 13.7 Å². The highest BCUT2D eigenvalue weighted by Crippen LogP contribution is 2.20. The molecule has 1 aromatic rings. The van der Waals surface area contributed by atoms with Crippen LogP contribution in [0.1, 0.15) is 0 Å². The van der Waals surface area contributed by atoms with Gasteiger partial charge in [-0.15, -0.1) is 0 Å². The van der Waals surface area contributed by atoms with Crippen LogP contribution >= 0.6 is 0 Å². The molecule has 116 valence electrons. The summed E-state index contributed by atoms with van der Waals surface area (Å²) < 4.78 is 43.1. The average molecular weight is 322 g/mol. The zero-order valence-corrected chi connectivity index (χ0v) is 11.5. The molecular weight excluding hydrogens is 311 g/mol. The Balaban J connectivity index is 2.93. The molecule has 11 heteroatoms. The molecule has 9 nitrogen and oxygen atoms in total. The van der Waals surface area contributed by atoms with Crippen LogP contribution in [-0.4, -0.2) is 44.2 Å². The number of hydrogen-bond acceptors (Lipinski definition) is 7. The molecular formula is C10H11FN2O7S. The lowest BCUT2D eigenvalue weighted by Gasteiger charge is -2.10. The van der Waals surface area contributed by atoms with Gasteiger partial charge in [0.1, 0.15) is 10.7 Å². The molecule has 1 atom stereocenters. The molecule has 0 aliphatic heterocycles. The molecule has 1 unspecified atom stereocenters. The van der Waals surface area contributed by atoms with Gasteiger partial charge in [-0.1, -0.05) is 0 Å². The summed E-state index contributed by atoms with van der Waals surface area (Å²) in [4.78, 5) is 19.6. The van der Waals surface area contributed by atoms with Gasteiger partial charge in [0.15, 0.2) is 6.10 Å². The number of methoxy groups -OCH3 is 1. The fourth-order valence-corrected chi connectivity index (χ4v) is 2.40. The molecule has 0 aliphatic carbocycles. The van der Waals surface area contributed by atoms with E-state index in [4.69, 9.17) is 0 Å². The molecule has 0 spiro atoms. The standard InChI is InChI=1S/C10H11FN2O7S/c1-20-10(15)8(14)5-12-21(18,19)9-3-2-6(13(16)17)4-7(9)11/h2-4,8,12,14H,5H2,1H3. The maximum Gasteiger partial charge on any atom is 0.336 e. The van der Waals surface area contributed by atoms with E-state index in [0.717, 1.165) is 13.2 Å². The van der Waals surface area contributed by atoms with Crippen molar-refractivity contribution < 1.29 is 32.4 Å². The number of hydrogen-bond donors (Lipinski definition) is 2. The number of nitro benzene ring substituents is 1. The fourth-order valence-electron chi connectivity index (χ4n) is 1.31. The number of carbonyl (C=O) groups excluding carboxylic acids is 1. The Hall–Kier alpha value is -2.11. The molecule has 2 N–H and O–H groups in total. The van der Waals surface area contributed by atoms with Gasteiger partial charge in [-0.2, -0.15) is 0 Å². The number of halogens is 1. The van der Waals surface area contributed by atoms with Gasteiger partial charge >= 0.3 is 5.97 Å². The number of esters is 1. The number of non-ortho nitro benzene ring substituents is 1. The number of carbonyl (C=O) groups is 1. The van der Waals surface area contributed by atoms with Crippen LogP contribution in [0.3, 0.4) is 0 Å². The van der Waals surface area contributed by atoms with E-state index in [9.17, 15) is 32.8 Å². The molecule has 0 saturated heterocycles. The van der Waals surface area contributed by atoms with Gasteiger partial charge in [0.2, 0.25) is 10.0 Å². The van der Waals surface area contributed by atoms with Crippen molar-refractivity contribution in [2.24, 2.45) is 0 Å².